The van der Waals surface area contributed by atoms with E-state index in [1.54, 1.807) is 12.1 Å². The van der Waals surface area contributed by atoms with Crippen LogP contribution in [0, 0.1) is 5.82 Å². The van der Waals surface area contributed by atoms with Crippen LogP contribution in [0.25, 0.3) is 0 Å². The molecule has 0 radical (unpaired) electrons. The van der Waals surface area contributed by atoms with Crippen LogP contribution in [0.3, 0.4) is 0 Å². The third-order valence-electron chi connectivity index (χ3n) is 3.22. The molecule has 0 bridgehead atoms. The number of hydrogen-bond donors (Lipinski definition) is 1. The highest BCUT2D eigenvalue weighted by Gasteiger charge is 2.23. The third kappa shape index (κ3) is 3.96. The Morgan fingerprint density at radius 3 is 2.67 bits per heavy atom. The molecule has 0 aliphatic carbocycles. The predicted molar refractivity (Wildman–Crippen MR) is 87.2 cm³/mol. The van der Waals surface area contributed by atoms with Crippen LogP contribution >= 0.6 is 27.5 Å². The van der Waals surface area contributed by atoms with Gasteiger partial charge < -0.3 is 10.5 Å². The standard InChI is InChI=1S/C16H16BrClFNO/c1-2-14(20)16(11-5-3-4-6-13(11)18)21-15-9-10(19)7-8-12(15)17/h3-9,14,16H,2,20H2,1H3. The van der Waals surface area contributed by atoms with Crippen molar-refractivity contribution >= 4 is 27.5 Å². The summed E-state index contributed by atoms with van der Waals surface area (Å²) in [5.74, 6) is 0.0417. The van der Waals surface area contributed by atoms with E-state index in [9.17, 15) is 4.39 Å². The quantitative estimate of drug-likeness (QED) is 0.792. The van der Waals surface area contributed by atoms with Crippen LogP contribution < -0.4 is 10.5 Å². The van der Waals surface area contributed by atoms with Crippen LogP contribution in [0.5, 0.6) is 5.75 Å². The van der Waals surface area contributed by atoms with Crippen molar-refractivity contribution in [3.05, 3.63) is 63.3 Å². The van der Waals surface area contributed by atoms with Gasteiger partial charge in [0.1, 0.15) is 17.7 Å². The molecule has 0 saturated carbocycles. The van der Waals surface area contributed by atoms with Crippen molar-refractivity contribution in [1.82, 2.24) is 0 Å². The second kappa shape index (κ2) is 7.25. The van der Waals surface area contributed by atoms with Gasteiger partial charge in [-0.25, -0.2) is 4.39 Å². The van der Waals surface area contributed by atoms with Gasteiger partial charge in [0.05, 0.1) is 4.47 Å². The Hall–Kier alpha value is -1.10. The zero-order valence-corrected chi connectivity index (χ0v) is 13.9. The number of nitrogens with two attached hydrogens (primary N) is 1. The van der Waals surface area contributed by atoms with Gasteiger partial charge in [0, 0.05) is 22.7 Å². The summed E-state index contributed by atoms with van der Waals surface area (Å²) < 4.78 is 20.0. The molecule has 0 aromatic heterocycles. The summed E-state index contributed by atoms with van der Waals surface area (Å²) in [6.07, 6.45) is 0.268. The fourth-order valence-electron chi connectivity index (χ4n) is 2.01. The summed E-state index contributed by atoms with van der Waals surface area (Å²) in [7, 11) is 0. The van der Waals surface area contributed by atoms with E-state index in [-0.39, 0.29) is 11.9 Å². The molecule has 2 rings (SSSR count). The molecular weight excluding hydrogens is 357 g/mol. The van der Waals surface area contributed by atoms with E-state index in [1.165, 1.54) is 12.1 Å². The summed E-state index contributed by atoms with van der Waals surface area (Å²) >= 11 is 9.59. The van der Waals surface area contributed by atoms with Crippen LogP contribution in [0.15, 0.2) is 46.9 Å². The van der Waals surface area contributed by atoms with Gasteiger partial charge in [-0.1, -0.05) is 36.7 Å². The Labute approximate surface area is 137 Å². The van der Waals surface area contributed by atoms with Gasteiger partial charge in [-0.3, -0.25) is 0 Å². The Morgan fingerprint density at radius 1 is 1.29 bits per heavy atom. The first-order valence-corrected chi connectivity index (χ1v) is 7.81. The van der Waals surface area contributed by atoms with Gasteiger partial charge in [-0.15, -0.1) is 0 Å². The van der Waals surface area contributed by atoms with E-state index < -0.39 is 6.10 Å². The van der Waals surface area contributed by atoms with Crippen molar-refractivity contribution in [1.29, 1.82) is 0 Å². The molecule has 2 aromatic rings. The molecule has 2 atom stereocenters. The number of ether oxygens (including phenoxy) is 1. The van der Waals surface area contributed by atoms with E-state index >= 15 is 0 Å². The van der Waals surface area contributed by atoms with Crippen molar-refractivity contribution in [3.8, 4) is 5.75 Å². The number of hydrogen-bond acceptors (Lipinski definition) is 2. The van der Waals surface area contributed by atoms with Crippen molar-refractivity contribution in [2.75, 3.05) is 0 Å². The molecule has 112 valence electrons. The van der Waals surface area contributed by atoms with E-state index in [1.807, 2.05) is 25.1 Å². The molecule has 5 heteroatoms. The van der Waals surface area contributed by atoms with Crippen molar-refractivity contribution in [2.45, 2.75) is 25.5 Å². The lowest BCUT2D eigenvalue weighted by Crippen LogP contribution is -2.31. The fraction of sp³-hybridized carbons (Fsp3) is 0.250. The van der Waals surface area contributed by atoms with E-state index in [4.69, 9.17) is 22.1 Å². The lowest BCUT2D eigenvalue weighted by atomic mass is 10.0. The van der Waals surface area contributed by atoms with E-state index in [2.05, 4.69) is 15.9 Å². The molecule has 0 fully saturated rings. The highest BCUT2D eigenvalue weighted by Crippen LogP contribution is 2.34. The summed E-state index contributed by atoms with van der Waals surface area (Å²) in [5.41, 5.74) is 6.96. The maximum Gasteiger partial charge on any atom is 0.140 e. The topological polar surface area (TPSA) is 35.2 Å². The molecule has 2 aromatic carbocycles. The van der Waals surface area contributed by atoms with Crippen molar-refractivity contribution in [3.63, 3.8) is 0 Å². The Kier molecular flexibility index (Phi) is 5.62. The SMILES string of the molecule is CCC(N)C(Oc1cc(F)ccc1Br)c1ccccc1Cl. The number of benzene rings is 2. The Morgan fingerprint density at radius 2 is 2.00 bits per heavy atom. The minimum Gasteiger partial charge on any atom is -0.483 e. The van der Waals surface area contributed by atoms with Gasteiger partial charge in [0.25, 0.3) is 0 Å². The third-order valence-corrected chi connectivity index (χ3v) is 4.22. The molecule has 2 N–H and O–H groups in total. The van der Waals surface area contributed by atoms with Crippen LogP contribution in [-0.4, -0.2) is 6.04 Å². The molecule has 21 heavy (non-hydrogen) atoms. The summed E-state index contributed by atoms with van der Waals surface area (Å²) in [6, 6.07) is 11.4. The molecule has 0 saturated heterocycles. The maximum atomic E-state index is 13.4. The van der Waals surface area contributed by atoms with Gasteiger partial charge in [0.15, 0.2) is 0 Å². The van der Waals surface area contributed by atoms with Gasteiger partial charge in [-0.2, -0.15) is 0 Å². The number of halogens is 3. The number of rotatable bonds is 5. The average molecular weight is 373 g/mol. The minimum absolute atomic E-state index is 0.250. The monoisotopic (exact) mass is 371 g/mol. The molecule has 0 amide bonds. The highest BCUT2D eigenvalue weighted by atomic mass is 79.9. The molecule has 2 unspecified atom stereocenters. The van der Waals surface area contributed by atoms with Crippen LogP contribution in [-0.2, 0) is 0 Å². The van der Waals surface area contributed by atoms with Gasteiger partial charge >= 0.3 is 0 Å². The van der Waals surface area contributed by atoms with E-state index in [0.717, 1.165) is 5.56 Å². The molecular formula is C16H16BrClFNO. The van der Waals surface area contributed by atoms with Crippen molar-refractivity contribution < 1.29 is 9.13 Å². The zero-order valence-electron chi connectivity index (χ0n) is 11.5. The van der Waals surface area contributed by atoms with Crippen LogP contribution in [0.4, 0.5) is 4.39 Å². The fourth-order valence-corrected chi connectivity index (χ4v) is 2.59. The summed E-state index contributed by atoms with van der Waals surface area (Å²) in [5, 5.41) is 0.582. The first-order valence-electron chi connectivity index (χ1n) is 6.64. The second-order valence-corrected chi connectivity index (χ2v) is 5.97. The van der Waals surface area contributed by atoms with Crippen molar-refractivity contribution in [2.24, 2.45) is 5.73 Å². The highest BCUT2D eigenvalue weighted by molar-refractivity contribution is 9.10. The molecule has 0 spiro atoms. The molecule has 0 aliphatic rings. The lowest BCUT2D eigenvalue weighted by Gasteiger charge is -2.26. The van der Waals surface area contributed by atoms with Crippen LogP contribution in [0.2, 0.25) is 5.02 Å². The van der Waals surface area contributed by atoms with E-state index in [0.29, 0.717) is 21.7 Å². The molecule has 0 aliphatic heterocycles. The lowest BCUT2D eigenvalue weighted by molar-refractivity contribution is 0.169. The zero-order chi connectivity index (χ0) is 15.4. The normalized spacial score (nSPS) is 13.8. The molecule has 2 nitrogen and oxygen atoms in total. The summed E-state index contributed by atoms with van der Waals surface area (Å²) in [6.45, 7) is 1.97. The van der Waals surface area contributed by atoms with Gasteiger partial charge in [-0.05, 0) is 40.5 Å². The second-order valence-electron chi connectivity index (χ2n) is 4.71. The minimum atomic E-state index is -0.443. The summed E-state index contributed by atoms with van der Waals surface area (Å²) in [4.78, 5) is 0. The Bertz CT molecular complexity index is 623. The van der Waals surface area contributed by atoms with Gasteiger partial charge in [0.2, 0.25) is 0 Å². The first-order chi connectivity index (χ1) is 10.0. The largest absolute Gasteiger partial charge is 0.483 e. The Balaban J connectivity index is 2.38. The average Bonchev–Trinajstić information content (AvgIpc) is 2.48. The van der Waals surface area contributed by atoms with Crippen LogP contribution in [0.1, 0.15) is 25.0 Å². The first kappa shape index (κ1) is 16.3. The predicted octanol–water partition coefficient (Wildman–Crippen LogP) is 5.10. The molecule has 0 heterocycles. The maximum absolute atomic E-state index is 13.4. The smallest absolute Gasteiger partial charge is 0.140 e.